The van der Waals surface area contributed by atoms with Crippen LogP contribution in [0.3, 0.4) is 0 Å². The molecule has 0 saturated heterocycles. The van der Waals surface area contributed by atoms with Crippen LogP contribution in [0.5, 0.6) is 0 Å². The van der Waals surface area contributed by atoms with Crippen molar-refractivity contribution in [2.24, 2.45) is 5.73 Å². The van der Waals surface area contributed by atoms with Gasteiger partial charge in [-0.2, -0.15) is 5.10 Å². The van der Waals surface area contributed by atoms with E-state index < -0.39 is 0 Å². The Balaban J connectivity index is 0.00000111. The maximum atomic E-state index is 11.7. The van der Waals surface area contributed by atoms with Crippen LogP contribution in [0.2, 0.25) is 0 Å². The molecular formula is C22H35N5O. The molecule has 0 saturated carbocycles. The van der Waals surface area contributed by atoms with Crippen LogP contribution in [0.1, 0.15) is 32.8 Å². The first-order chi connectivity index (χ1) is 13.7. The van der Waals surface area contributed by atoms with Gasteiger partial charge in [0.15, 0.2) is 0 Å². The summed E-state index contributed by atoms with van der Waals surface area (Å²) in [5.74, 6) is 0.119. The standard InChI is InChI=1S/C17H22N4O.C2H6.C2H2.CH5N/c1-13(22)21-8-3-4-15-10-14(5-6-17(15)21)16-11-19-20(12-16)9-7-18-2;3*1-2/h5-6,10-12,18H,3-4,7-9H2,1-2H3;1-2H3;1-2H;2H2,1H3. The number of benzene rings is 1. The van der Waals surface area contributed by atoms with Crippen LogP contribution in [0.4, 0.5) is 5.69 Å². The normalized spacial score (nSPS) is 11.5. The van der Waals surface area contributed by atoms with Crippen LogP contribution < -0.4 is 16.0 Å². The van der Waals surface area contributed by atoms with Crippen LogP contribution >= 0.6 is 0 Å². The van der Waals surface area contributed by atoms with E-state index >= 15 is 0 Å². The first-order valence-electron chi connectivity index (χ1n) is 9.68. The fourth-order valence-electron chi connectivity index (χ4n) is 2.97. The Morgan fingerprint density at radius 1 is 1.25 bits per heavy atom. The van der Waals surface area contributed by atoms with Crippen molar-refractivity contribution in [1.82, 2.24) is 15.1 Å². The molecule has 2 heterocycles. The Hall–Kier alpha value is -2.62. The van der Waals surface area contributed by atoms with Gasteiger partial charge in [-0.3, -0.25) is 9.48 Å². The van der Waals surface area contributed by atoms with Gasteiger partial charge in [0.05, 0.1) is 12.7 Å². The summed E-state index contributed by atoms with van der Waals surface area (Å²) in [5, 5.41) is 7.52. The largest absolute Gasteiger partial charge is 0.333 e. The van der Waals surface area contributed by atoms with E-state index in [1.54, 1.807) is 6.92 Å². The Morgan fingerprint density at radius 2 is 1.93 bits per heavy atom. The molecule has 6 heteroatoms. The highest BCUT2D eigenvalue weighted by Crippen LogP contribution is 2.31. The lowest BCUT2D eigenvalue weighted by molar-refractivity contribution is -0.116. The number of fused-ring (bicyclic) bond motifs is 1. The van der Waals surface area contributed by atoms with Gasteiger partial charge in [-0.1, -0.05) is 19.9 Å². The summed E-state index contributed by atoms with van der Waals surface area (Å²) in [6.07, 6.45) is 14.0. The van der Waals surface area contributed by atoms with E-state index in [2.05, 4.69) is 53.4 Å². The zero-order valence-electron chi connectivity index (χ0n) is 17.9. The summed E-state index contributed by atoms with van der Waals surface area (Å²) in [6, 6.07) is 6.35. The Kier molecular flexibility index (Phi) is 13.1. The average molecular weight is 386 g/mol. The third-order valence-corrected chi connectivity index (χ3v) is 4.14. The van der Waals surface area contributed by atoms with E-state index in [0.717, 1.165) is 43.7 Å². The Morgan fingerprint density at radius 3 is 2.54 bits per heavy atom. The predicted molar refractivity (Wildman–Crippen MR) is 119 cm³/mol. The van der Waals surface area contributed by atoms with Crippen molar-refractivity contribution in [3.05, 3.63) is 36.2 Å². The number of nitrogens with zero attached hydrogens (tertiary/aromatic N) is 3. The van der Waals surface area contributed by atoms with Crippen molar-refractivity contribution < 1.29 is 4.79 Å². The minimum atomic E-state index is 0.119. The Labute approximate surface area is 170 Å². The molecule has 3 rings (SSSR count). The number of amides is 1. The highest BCUT2D eigenvalue weighted by atomic mass is 16.2. The number of carbonyl (C=O) groups excluding carboxylic acids is 1. The number of anilines is 1. The molecule has 1 aromatic heterocycles. The maximum absolute atomic E-state index is 11.7. The highest BCUT2D eigenvalue weighted by Gasteiger charge is 2.20. The molecule has 1 aliphatic heterocycles. The second-order valence-corrected chi connectivity index (χ2v) is 5.71. The van der Waals surface area contributed by atoms with E-state index in [1.165, 1.54) is 18.2 Å². The van der Waals surface area contributed by atoms with Gasteiger partial charge in [0.2, 0.25) is 5.91 Å². The van der Waals surface area contributed by atoms with Gasteiger partial charge in [0.1, 0.15) is 0 Å². The zero-order chi connectivity index (χ0) is 21.5. The smallest absolute Gasteiger partial charge is 0.223 e. The number of likely N-dealkylation sites (N-methyl/N-ethyl adjacent to an activating group) is 1. The molecule has 1 amide bonds. The second kappa shape index (κ2) is 14.4. The number of hydrogen-bond donors (Lipinski definition) is 2. The van der Waals surface area contributed by atoms with Gasteiger partial charge in [0.25, 0.3) is 0 Å². The molecule has 0 bridgehead atoms. The monoisotopic (exact) mass is 385 g/mol. The summed E-state index contributed by atoms with van der Waals surface area (Å²) in [5.41, 5.74) is 9.10. The van der Waals surface area contributed by atoms with E-state index in [4.69, 9.17) is 0 Å². The van der Waals surface area contributed by atoms with E-state index in [-0.39, 0.29) is 5.91 Å². The van der Waals surface area contributed by atoms with Gasteiger partial charge in [-0.15, -0.1) is 12.8 Å². The molecule has 0 atom stereocenters. The number of rotatable bonds is 4. The summed E-state index contributed by atoms with van der Waals surface area (Å²) in [6.45, 7) is 8.22. The molecule has 28 heavy (non-hydrogen) atoms. The predicted octanol–water partition coefficient (Wildman–Crippen LogP) is 2.92. The molecule has 154 valence electrons. The summed E-state index contributed by atoms with van der Waals surface area (Å²) < 4.78 is 1.95. The minimum Gasteiger partial charge on any atom is -0.333 e. The fourth-order valence-corrected chi connectivity index (χ4v) is 2.97. The lowest BCUT2D eigenvalue weighted by Gasteiger charge is -2.28. The van der Waals surface area contributed by atoms with E-state index in [1.807, 2.05) is 36.7 Å². The van der Waals surface area contributed by atoms with Gasteiger partial charge in [-0.25, -0.2) is 0 Å². The second-order valence-electron chi connectivity index (χ2n) is 5.71. The van der Waals surface area contributed by atoms with E-state index in [0.29, 0.717) is 0 Å². The Bertz CT molecular complexity index is 721. The topological polar surface area (TPSA) is 76.2 Å². The minimum absolute atomic E-state index is 0.119. The van der Waals surface area contributed by atoms with Gasteiger partial charge in [-0.05, 0) is 50.2 Å². The SMILES string of the molecule is C#C.CC.CN.CNCCn1cc(-c2ccc3c(c2)CCCN3C(C)=O)cn1. The van der Waals surface area contributed by atoms with Crippen molar-refractivity contribution in [3.63, 3.8) is 0 Å². The van der Waals surface area contributed by atoms with Crippen molar-refractivity contribution in [2.45, 2.75) is 40.2 Å². The maximum Gasteiger partial charge on any atom is 0.223 e. The fraction of sp³-hybridized carbons (Fsp3) is 0.455. The van der Waals surface area contributed by atoms with Crippen molar-refractivity contribution in [2.75, 3.05) is 32.1 Å². The number of nitrogens with two attached hydrogens (primary N) is 1. The molecule has 6 nitrogen and oxygen atoms in total. The number of hydrogen-bond acceptors (Lipinski definition) is 4. The molecular weight excluding hydrogens is 350 g/mol. The molecule has 0 aliphatic carbocycles. The average Bonchev–Trinajstić information content (AvgIpc) is 3.24. The summed E-state index contributed by atoms with van der Waals surface area (Å²) in [7, 11) is 3.44. The van der Waals surface area contributed by atoms with Crippen molar-refractivity contribution in [3.8, 4) is 24.0 Å². The molecule has 0 unspecified atom stereocenters. The molecule has 1 aliphatic rings. The molecule has 0 spiro atoms. The quantitative estimate of drug-likeness (QED) is 0.794. The van der Waals surface area contributed by atoms with Gasteiger partial charge < -0.3 is 16.0 Å². The van der Waals surface area contributed by atoms with Crippen LogP contribution in [0, 0.1) is 12.8 Å². The third-order valence-electron chi connectivity index (χ3n) is 4.14. The van der Waals surface area contributed by atoms with Crippen LogP contribution in [0.25, 0.3) is 11.1 Å². The molecule has 0 fully saturated rings. The lowest BCUT2D eigenvalue weighted by Crippen LogP contribution is -2.33. The first kappa shape index (κ1) is 25.4. The van der Waals surface area contributed by atoms with Crippen LogP contribution in [-0.4, -0.2) is 42.9 Å². The van der Waals surface area contributed by atoms with Crippen LogP contribution in [-0.2, 0) is 17.8 Å². The molecule has 2 aromatic rings. The van der Waals surface area contributed by atoms with Crippen molar-refractivity contribution in [1.29, 1.82) is 0 Å². The molecule has 3 N–H and O–H groups in total. The number of terminal acetylenes is 1. The number of aromatic nitrogens is 2. The zero-order valence-corrected chi connectivity index (χ0v) is 17.9. The summed E-state index contributed by atoms with van der Waals surface area (Å²) in [4.78, 5) is 13.6. The molecule has 0 radical (unpaired) electrons. The first-order valence-corrected chi connectivity index (χ1v) is 9.68. The number of carbonyl (C=O) groups is 1. The number of aryl methyl sites for hydroxylation is 1. The van der Waals surface area contributed by atoms with E-state index in [9.17, 15) is 4.79 Å². The van der Waals surface area contributed by atoms with Gasteiger partial charge in [0, 0.05) is 37.5 Å². The summed E-state index contributed by atoms with van der Waals surface area (Å²) >= 11 is 0. The van der Waals surface area contributed by atoms with Gasteiger partial charge >= 0.3 is 0 Å². The highest BCUT2D eigenvalue weighted by molar-refractivity contribution is 5.93. The van der Waals surface area contributed by atoms with Crippen LogP contribution in [0.15, 0.2) is 30.6 Å². The third kappa shape index (κ3) is 6.84. The molecule has 1 aromatic carbocycles. The number of nitrogens with one attached hydrogen (secondary N) is 1. The lowest BCUT2D eigenvalue weighted by atomic mass is 9.97. The van der Waals surface area contributed by atoms with Crippen molar-refractivity contribution >= 4 is 11.6 Å².